The van der Waals surface area contributed by atoms with E-state index in [9.17, 15) is 34.4 Å². The van der Waals surface area contributed by atoms with E-state index >= 15 is 0 Å². The van der Waals surface area contributed by atoms with Crippen molar-refractivity contribution in [1.82, 2.24) is 5.32 Å². The van der Waals surface area contributed by atoms with Crippen molar-refractivity contribution in [3.63, 3.8) is 0 Å². The summed E-state index contributed by atoms with van der Waals surface area (Å²) in [5.41, 5.74) is -0.0310. The van der Waals surface area contributed by atoms with Gasteiger partial charge in [-0.2, -0.15) is 0 Å². The van der Waals surface area contributed by atoms with Crippen LogP contribution in [0.15, 0.2) is 60.7 Å². The van der Waals surface area contributed by atoms with E-state index in [0.29, 0.717) is 33.8 Å². The first kappa shape index (κ1) is 29.4. The van der Waals surface area contributed by atoms with Crippen LogP contribution in [0.5, 0.6) is 11.5 Å². The number of aliphatic carboxylic acids is 1. The molecule has 43 heavy (non-hydrogen) atoms. The summed E-state index contributed by atoms with van der Waals surface area (Å²) >= 11 is 0. The van der Waals surface area contributed by atoms with Crippen molar-refractivity contribution in [2.75, 3.05) is 19.1 Å². The lowest BCUT2D eigenvalue weighted by atomic mass is 9.76. The second-order valence-electron chi connectivity index (χ2n) is 10.6. The molecule has 2 aliphatic heterocycles. The minimum atomic E-state index is -1.97. The van der Waals surface area contributed by atoms with Crippen molar-refractivity contribution in [3.05, 3.63) is 93.0 Å². The van der Waals surface area contributed by atoms with E-state index in [1.165, 1.54) is 69.7 Å². The summed E-state index contributed by atoms with van der Waals surface area (Å²) in [6.45, 7) is 3.16. The second-order valence-corrected chi connectivity index (χ2v) is 10.6. The van der Waals surface area contributed by atoms with E-state index in [0.717, 1.165) is 4.90 Å². The Balaban J connectivity index is 1.67. The summed E-state index contributed by atoms with van der Waals surface area (Å²) in [6, 6.07) is 13.7. The van der Waals surface area contributed by atoms with Gasteiger partial charge in [-0.1, -0.05) is 18.2 Å². The molecule has 3 aromatic rings. The number of rotatable bonds is 9. The summed E-state index contributed by atoms with van der Waals surface area (Å²) in [5, 5.41) is 25.1. The molecule has 0 aliphatic carbocycles. The van der Waals surface area contributed by atoms with Crippen molar-refractivity contribution in [3.8, 4) is 11.5 Å². The molecule has 5 rings (SSSR count). The number of non-ortho nitro benzene ring substituents is 1. The number of ketones is 1. The first-order valence-corrected chi connectivity index (χ1v) is 13.4. The number of ether oxygens (including phenoxy) is 2. The first-order chi connectivity index (χ1) is 20.4. The van der Waals surface area contributed by atoms with Gasteiger partial charge in [-0.15, -0.1) is 0 Å². The summed E-state index contributed by atoms with van der Waals surface area (Å²) in [4.78, 5) is 64.9. The van der Waals surface area contributed by atoms with E-state index in [1.54, 1.807) is 19.1 Å². The second kappa shape index (κ2) is 11.0. The van der Waals surface area contributed by atoms with E-state index in [2.05, 4.69) is 5.32 Å². The fraction of sp³-hybridized carbons (Fsp3) is 0.290. The van der Waals surface area contributed by atoms with Crippen LogP contribution in [0.2, 0.25) is 0 Å². The number of benzene rings is 3. The van der Waals surface area contributed by atoms with Crippen LogP contribution in [-0.4, -0.2) is 53.4 Å². The Bertz CT molecular complexity index is 1650. The minimum absolute atomic E-state index is 0.172. The lowest BCUT2D eigenvalue weighted by Gasteiger charge is -2.31. The molecule has 12 nitrogen and oxygen atoms in total. The molecule has 0 saturated carbocycles. The average molecular weight is 588 g/mol. The smallest absolute Gasteiger partial charge is 0.325 e. The molecular weight excluding hydrogens is 558 g/mol. The van der Waals surface area contributed by atoms with E-state index in [-0.39, 0.29) is 23.6 Å². The lowest BCUT2D eigenvalue weighted by molar-refractivity contribution is -0.384. The Morgan fingerprint density at radius 1 is 1.00 bits per heavy atom. The van der Waals surface area contributed by atoms with Crippen LogP contribution in [0.4, 0.5) is 11.4 Å². The van der Waals surface area contributed by atoms with Crippen LogP contribution in [0.3, 0.4) is 0 Å². The normalized spacial score (nSPS) is 22.8. The molecule has 0 radical (unpaired) electrons. The summed E-state index contributed by atoms with van der Waals surface area (Å²) in [7, 11) is 2.95. The topological polar surface area (TPSA) is 165 Å². The monoisotopic (exact) mass is 587 g/mol. The molecule has 4 atom stereocenters. The van der Waals surface area contributed by atoms with Crippen molar-refractivity contribution < 1.29 is 38.7 Å². The minimum Gasteiger partial charge on any atom is -0.496 e. The highest BCUT2D eigenvalue weighted by Gasteiger charge is 2.69. The van der Waals surface area contributed by atoms with Gasteiger partial charge in [0, 0.05) is 41.3 Å². The third kappa shape index (κ3) is 4.69. The Morgan fingerprint density at radius 3 is 2.19 bits per heavy atom. The number of carbonyl (C=O) groups is 4. The van der Waals surface area contributed by atoms with Gasteiger partial charge in [-0.25, -0.2) is 4.90 Å². The third-order valence-corrected chi connectivity index (χ3v) is 8.34. The molecule has 0 aromatic heterocycles. The number of nitro groups is 1. The van der Waals surface area contributed by atoms with Crippen LogP contribution in [0, 0.1) is 28.9 Å². The number of nitrogens with zero attached hydrogens (tertiary/aromatic N) is 2. The zero-order valence-corrected chi connectivity index (χ0v) is 23.8. The van der Waals surface area contributed by atoms with Gasteiger partial charge < -0.3 is 14.6 Å². The average Bonchev–Trinajstić information content (AvgIpc) is 3.46. The summed E-state index contributed by atoms with van der Waals surface area (Å²) in [5.74, 6) is -4.47. The molecule has 4 unspecified atom stereocenters. The SMILES string of the molecule is COc1ccc(C2NC(Cc3ccc([N+](=O)[O-])cc3)(C(=O)O)C3C(=O)N(c4ccc(C(C)=O)cc4)C(=O)C23)c(OC)c1C. The predicted octanol–water partition coefficient (Wildman–Crippen LogP) is 3.64. The lowest BCUT2D eigenvalue weighted by Crippen LogP contribution is -2.57. The van der Waals surface area contributed by atoms with E-state index in [1.807, 2.05) is 0 Å². The highest BCUT2D eigenvalue weighted by molar-refractivity contribution is 6.24. The van der Waals surface area contributed by atoms with E-state index in [4.69, 9.17) is 9.47 Å². The van der Waals surface area contributed by atoms with Crippen molar-refractivity contribution in [2.24, 2.45) is 11.8 Å². The summed E-state index contributed by atoms with van der Waals surface area (Å²) in [6.07, 6.45) is -0.244. The zero-order chi connectivity index (χ0) is 31.2. The largest absolute Gasteiger partial charge is 0.496 e. The number of fused-ring (bicyclic) bond motifs is 1. The predicted molar refractivity (Wildman–Crippen MR) is 153 cm³/mol. The number of nitro benzene ring substituents is 1. The van der Waals surface area contributed by atoms with Gasteiger partial charge in [-0.3, -0.25) is 34.6 Å². The molecule has 3 aromatic carbocycles. The maximum Gasteiger partial charge on any atom is 0.325 e. The Hall–Kier alpha value is -5.10. The number of methoxy groups -OCH3 is 2. The van der Waals surface area contributed by atoms with Crippen LogP contribution in [0.25, 0.3) is 0 Å². The molecular formula is C31H29N3O9. The van der Waals surface area contributed by atoms with Crippen LogP contribution < -0.4 is 19.7 Å². The van der Waals surface area contributed by atoms with E-state index < -0.39 is 46.1 Å². The van der Waals surface area contributed by atoms with Gasteiger partial charge in [0.25, 0.3) is 5.69 Å². The third-order valence-electron chi connectivity index (χ3n) is 8.34. The molecule has 222 valence electrons. The van der Waals surface area contributed by atoms with Gasteiger partial charge in [0.05, 0.1) is 36.7 Å². The van der Waals surface area contributed by atoms with Crippen LogP contribution >= 0.6 is 0 Å². The number of hydrogen-bond acceptors (Lipinski definition) is 9. The molecule has 2 N–H and O–H groups in total. The number of amides is 2. The molecule has 0 spiro atoms. The number of hydrogen-bond donors (Lipinski definition) is 2. The molecule has 0 bridgehead atoms. The highest BCUT2D eigenvalue weighted by atomic mass is 16.6. The molecule has 2 aliphatic rings. The number of carbonyl (C=O) groups excluding carboxylic acids is 3. The van der Waals surface area contributed by atoms with Crippen LogP contribution in [-0.2, 0) is 20.8 Å². The van der Waals surface area contributed by atoms with Crippen molar-refractivity contribution in [2.45, 2.75) is 31.8 Å². The molecule has 2 amide bonds. The molecule has 2 fully saturated rings. The zero-order valence-electron chi connectivity index (χ0n) is 23.8. The number of Topliss-reactive ketones (excluding diaryl/α,β-unsaturated/α-hetero) is 1. The highest BCUT2D eigenvalue weighted by Crippen LogP contribution is 2.53. The molecule has 2 heterocycles. The quantitative estimate of drug-likeness (QED) is 0.163. The van der Waals surface area contributed by atoms with Gasteiger partial charge in [-0.05, 0) is 49.7 Å². The Labute approximate surface area is 246 Å². The number of nitrogens with one attached hydrogen (secondary N) is 1. The van der Waals surface area contributed by atoms with Gasteiger partial charge >= 0.3 is 5.97 Å². The fourth-order valence-corrected chi connectivity index (χ4v) is 6.29. The van der Waals surface area contributed by atoms with Crippen molar-refractivity contribution in [1.29, 1.82) is 0 Å². The van der Waals surface area contributed by atoms with Crippen LogP contribution in [0.1, 0.15) is 40.0 Å². The summed E-state index contributed by atoms with van der Waals surface area (Å²) < 4.78 is 11.1. The number of carboxylic acids is 1. The number of imide groups is 1. The number of carboxylic acid groups (broad SMARTS) is 1. The molecule has 12 heteroatoms. The maximum atomic E-state index is 14.2. The maximum absolute atomic E-state index is 14.2. The Morgan fingerprint density at radius 2 is 1.65 bits per heavy atom. The van der Waals surface area contributed by atoms with Gasteiger partial charge in [0.15, 0.2) is 5.78 Å². The standard InChI is InChI=1S/C31H29N3O9/c1-16-23(42-3)14-13-22(27(16)43-4)26-24-25(29(37)33(28(24)36)20-11-7-19(8-12-20)17(2)35)31(32-26,30(38)39)15-18-5-9-21(10-6-18)34(40)41/h5-14,24-26,32H,15H2,1-4H3,(H,38,39). The number of anilines is 1. The van der Waals surface area contributed by atoms with Gasteiger partial charge in [0.2, 0.25) is 11.8 Å². The van der Waals surface area contributed by atoms with Crippen molar-refractivity contribution >= 4 is 34.9 Å². The Kier molecular flexibility index (Phi) is 7.49. The van der Waals surface area contributed by atoms with Gasteiger partial charge in [0.1, 0.15) is 17.0 Å². The first-order valence-electron chi connectivity index (χ1n) is 13.4. The fourth-order valence-electron chi connectivity index (χ4n) is 6.29. The molecule has 2 saturated heterocycles.